The number of nitrogens with zero attached hydrogens (tertiary/aromatic N) is 2. The lowest BCUT2D eigenvalue weighted by atomic mass is 9.94. The van der Waals surface area contributed by atoms with Crippen molar-refractivity contribution in [1.29, 1.82) is 0 Å². The fourth-order valence-corrected chi connectivity index (χ4v) is 3.64. The summed E-state index contributed by atoms with van der Waals surface area (Å²) in [5, 5.41) is 0.559. The molecule has 2 heterocycles. The summed E-state index contributed by atoms with van der Waals surface area (Å²) in [5.41, 5.74) is 5.60. The number of rotatable bonds is 1. The highest BCUT2D eigenvalue weighted by molar-refractivity contribution is 8.00. The van der Waals surface area contributed by atoms with Crippen molar-refractivity contribution in [3.05, 3.63) is 0 Å². The summed E-state index contributed by atoms with van der Waals surface area (Å²) in [5.74, 6) is 1.41. The van der Waals surface area contributed by atoms with Gasteiger partial charge in [0.15, 0.2) is 0 Å². The Balaban J connectivity index is 2.33. The average molecular weight is 213 g/mol. The summed E-state index contributed by atoms with van der Waals surface area (Å²) in [7, 11) is 0. The third-order valence-corrected chi connectivity index (χ3v) is 4.37. The predicted molar refractivity (Wildman–Crippen MR) is 58.7 cm³/mol. The number of amidine groups is 1. The maximum atomic E-state index is 11.5. The predicted octanol–water partition coefficient (Wildman–Crippen LogP) is 1.06. The summed E-state index contributed by atoms with van der Waals surface area (Å²) >= 11 is 1.86. The molecule has 2 unspecified atom stereocenters. The van der Waals surface area contributed by atoms with Gasteiger partial charge in [-0.2, -0.15) is 16.8 Å². The largest absolute Gasteiger partial charge is 0.385 e. The van der Waals surface area contributed by atoms with E-state index in [0.717, 1.165) is 12.2 Å². The molecule has 0 aromatic carbocycles. The van der Waals surface area contributed by atoms with Crippen LogP contribution in [0.3, 0.4) is 0 Å². The van der Waals surface area contributed by atoms with Crippen molar-refractivity contribution >= 4 is 23.6 Å². The van der Waals surface area contributed by atoms with Crippen LogP contribution in [0.15, 0.2) is 4.99 Å². The van der Waals surface area contributed by atoms with Crippen molar-refractivity contribution < 1.29 is 4.79 Å². The Morgan fingerprint density at radius 1 is 1.79 bits per heavy atom. The second-order valence-corrected chi connectivity index (χ2v) is 5.31. The van der Waals surface area contributed by atoms with E-state index in [4.69, 9.17) is 5.73 Å². The molecule has 0 aliphatic carbocycles. The Morgan fingerprint density at radius 3 is 3.00 bits per heavy atom. The Morgan fingerprint density at radius 2 is 2.50 bits per heavy atom. The lowest BCUT2D eigenvalue weighted by molar-refractivity contribution is 0.183. The Kier molecular flexibility index (Phi) is 2.21. The molecule has 2 aliphatic heterocycles. The zero-order valence-electron chi connectivity index (χ0n) is 8.49. The van der Waals surface area contributed by atoms with Crippen molar-refractivity contribution in [3.63, 3.8) is 0 Å². The summed E-state index contributed by atoms with van der Waals surface area (Å²) in [6, 6.07) is -0.167. The summed E-state index contributed by atoms with van der Waals surface area (Å²) in [6.07, 6.45) is 0.937. The molecule has 2 amide bonds. The third-order valence-electron chi connectivity index (χ3n) is 2.99. The molecule has 0 aromatic heterocycles. The number of carbonyl (C=O) groups is 1. The van der Waals surface area contributed by atoms with E-state index < -0.39 is 0 Å². The highest BCUT2D eigenvalue weighted by atomic mass is 32.2. The first kappa shape index (κ1) is 9.83. The number of hydrogen-bond donors (Lipinski definition) is 1. The molecule has 0 radical (unpaired) electrons. The van der Waals surface area contributed by atoms with Crippen LogP contribution in [0.4, 0.5) is 4.79 Å². The normalized spacial score (nSPS) is 37.0. The van der Waals surface area contributed by atoms with Gasteiger partial charge in [0.2, 0.25) is 0 Å². The van der Waals surface area contributed by atoms with E-state index >= 15 is 0 Å². The molecule has 2 atom stereocenters. The fourth-order valence-electron chi connectivity index (χ4n) is 2.27. The van der Waals surface area contributed by atoms with Crippen molar-refractivity contribution in [2.45, 2.75) is 31.1 Å². The average Bonchev–Trinajstić information content (AvgIpc) is 2.59. The minimum absolute atomic E-state index is 0.167. The van der Waals surface area contributed by atoms with Crippen LogP contribution < -0.4 is 5.73 Å². The monoisotopic (exact) mass is 213 g/mol. The van der Waals surface area contributed by atoms with Gasteiger partial charge < -0.3 is 10.6 Å². The first-order valence-corrected chi connectivity index (χ1v) is 5.93. The summed E-state index contributed by atoms with van der Waals surface area (Å²) in [6.45, 7) is 4.83. The first-order chi connectivity index (χ1) is 6.60. The quantitative estimate of drug-likeness (QED) is 0.708. The van der Waals surface area contributed by atoms with Gasteiger partial charge in [0.05, 0.1) is 0 Å². The van der Waals surface area contributed by atoms with Gasteiger partial charge in [0, 0.05) is 17.5 Å². The molecule has 1 fully saturated rings. The maximum Gasteiger partial charge on any atom is 0.346 e. The smallest absolute Gasteiger partial charge is 0.346 e. The zero-order chi connectivity index (χ0) is 10.3. The number of thioether (sulfide) groups is 1. The van der Waals surface area contributed by atoms with E-state index in [9.17, 15) is 4.79 Å². The standard InChI is InChI=1S/C9H15N3OS/c1-3-12-8(13)11-7(10)9(12)4-6(2)14-5-9/h6H,3-5H2,1-2H3,(H2,10,11,13). The van der Waals surface area contributed by atoms with E-state index in [1.54, 1.807) is 4.90 Å². The van der Waals surface area contributed by atoms with E-state index in [1.165, 1.54) is 0 Å². The topological polar surface area (TPSA) is 58.7 Å². The van der Waals surface area contributed by atoms with Gasteiger partial charge in [-0.1, -0.05) is 6.92 Å². The molecule has 2 aliphatic rings. The highest BCUT2D eigenvalue weighted by Crippen LogP contribution is 2.41. The van der Waals surface area contributed by atoms with Crippen molar-refractivity contribution in [2.75, 3.05) is 12.3 Å². The van der Waals surface area contributed by atoms with Gasteiger partial charge in [-0.25, -0.2) is 4.79 Å². The molecule has 5 heteroatoms. The number of amides is 2. The fraction of sp³-hybridized carbons (Fsp3) is 0.778. The van der Waals surface area contributed by atoms with Gasteiger partial charge in [-0.05, 0) is 13.3 Å². The number of nitrogens with two attached hydrogens (primary N) is 1. The number of aliphatic imine (C=N–C) groups is 1. The van der Waals surface area contributed by atoms with Gasteiger partial charge in [-0.3, -0.25) is 0 Å². The molecule has 1 spiro atoms. The highest BCUT2D eigenvalue weighted by Gasteiger charge is 2.51. The maximum absolute atomic E-state index is 11.5. The van der Waals surface area contributed by atoms with Crippen molar-refractivity contribution in [2.24, 2.45) is 10.7 Å². The minimum Gasteiger partial charge on any atom is -0.385 e. The van der Waals surface area contributed by atoms with Crippen LogP contribution in [0.5, 0.6) is 0 Å². The molecule has 2 N–H and O–H groups in total. The Labute approximate surface area is 87.9 Å². The van der Waals surface area contributed by atoms with Crippen LogP contribution in [0.2, 0.25) is 0 Å². The number of urea groups is 1. The molecule has 0 aromatic rings. The number of likely N-dealkylation sites (N-methyl/N-ethyl adjacent to an activating group) is 1. The molecule has 2 rings (SSSR count). The number of carbonyl (C=O) groups excluding carboxylic acids is 1. The Hall–Kier alpha value is -0.710. The molecule has 0 saturated carbocycles. The van der Waals surface area contributed by atoms with Crippen LogP contribution in [0.25, 0.3) is 0 Å². The Bertz CT molecular complexity index is 304. The van der Waals surface area contributed by atoms with E-state index in [-0.39, 0.29) is 11.6 Å². The van der Waals surface area contributed by atoms with Gasteiger partial charge >= 0.3 is 6.03 Å². The molecule has 4 nitrogen and oxygen atoms in total. The van der Waals surface area contributed by atoms with Crippen LogP contribution in [0, 0.1) is 0 Å². The SMILES string of the molecule is CCN1C(=O)N=C(N)C12CSC(C)C2. The zero-order valence-corrected chi connectivity index (χ0v) is 9.30. The molecule has 78 valence electrons. The van der Waals surface area contributed by atoms with Crippen molar-refractivity contribution in [3.8, 4) is 0 Å². The summed E-state index contributed by atoms with van der Waals surface area (Å²) in [4.78, 5) is 17.2. The number of hydrogen-bond acceptors (Lipinski definition) is 3. The van der Waals surface area contributed by atoms with Gasteiger partial charge in [0.25, 0.3) is 0 Å². The van der Waals surface area contributed by atoms with Crippen LogP contribution >= 0.6 is 11.8 Å². The van der Waals surface area contributed by atoms with Crippen LogP contribution in [-0.2, 0) is 0 Å². The van der Waals surface area contributed by atoms with Gasteiger partial charge in [-0.15, -0.1) is 0 Å². The molecule has 0 bridgehead atoms. The minimum atomic E-state index is -0.268. The molecule has 1 saturated heterocycles. The van der Waals surface area contributed by atoms with E-state index in [1.807, 2.05) is 18.7 Å². The lowest BCUT2D eigenvalue weighted by Gasteiger charge is -2.33. The lowest BCUT2D eigenvalue weighted by Crippen LogP contribution is -2.54. The van der Waals surface area contributed by atoms with E-state index in [0.29, 0.717) is 17.6 Å². The molecular formula is C9H15N3OS. The van der Waals surface area contributed by atoms with Gasteiger partial charge in [0.1, 0.15) is 11.4 Å². The van der Waals surface area contributed by atoms with Crippen LogP contribution in [0.1, 0.15) is 20.3 Å². The second-order valence-electron chi connectivity index (χ2n) is 3.88. The summed E-state index contributed by atoms with van der Waals surface area (Å²) < 4.78 is 0. The molecular weight excluding hydrogens is 198 g/mol. The van der Waals surface area contributed by atoms with Crippen molar-refractivity contribution in [1.82, 2.24) is 4.90 Å². The third kappa shape index (κ3) is 1.15. The molecule has 14 heavy (non-hydrogen) atoms. The first-order valence-electron chi connectivity index (χ1n) is 4.88. The second kappa shape index (κ2) is 3.15. The van der Waals surface area contributed by atoms with E-state index in [2.05, 4.69) is 11.9 Å². The van der Waals surface area contributed by atoms with Crippen LogP contribution in [-0.4, -0.2) is 39.9 Å².